The number of anilines is 1. The van der Waals surface area contributed by atoms with Crippen LogP contribution in [-0.2, 0) is 0 Å². The lowest BCUT2D eigenvalue weighted by Gasteiger charge is -2.22. The van der Waals surface area contributed by atoms with Gasteiger partial charge in [0, 0.05) is 30.9 Å². The molecule has 1 amide bonds. The Morgan fingerprint density at radius 1 is 1.31 bits per heavy atom. The molecule has 3 heterocycles. The largest absolute Gasteiger partial charge is 0.489 e. The average molecular weight is 377 g/mol. The predicted octanol–water partition coefficient (Wildman–Crippen LogP) is 2.87. The Bertz CT molecular complexity index is 802. The van der Waals surface area contributed by atoms with Crippen LogP contribution in [0.3, 0.4) is 0 Å². The summed E-state index contributed by atoms with van der Waals surface area (Å²) in [6.07, 6.45) is 6.35. The first-order valence-electron chi connectivity index (χ1n) is 8.86. The minimum Gasteiger partial charge on any atom is -0.489 e. The van der Waals surface area contributed by atoms with Gasteiger partial charge in [0.25, 0.3) is 5.91 Å². The molecule has 1 aromatic carbocycles. The molecule has 2 aromatic rings. The van der Waals surface area contributed by atoms with Crippen LogP contribution in [0.2, 0.25) is 5.02 Å². The minimum absolute atomic E-state index is 0.231. The second-order valence-electron chi connectivity index (χ2n) is 6.50. The van der Waals surface area contributed by atoms with Gasteiger partial charge >= 0.3 is 0 Å². The van der Waals surface area contributed by atoms with Gasteiger partial charge in [-0.05, 0) is 25.5 Å². The number of piperidine rings is 1. The Balaban J connectivity index is 1.49. The Morgan fingerprint density at radius 2 is 2.19 bits per heavy atom. The van der Waals surface area contributed by atoms with E-state index < -0.39 is 0 Å². The molecule has 1 unspecified atom stereocenters. The second kappa shape index (κ2) is 7.55. The molecule has 26 heavy (non-hydrogen) atoms. The molecule has 8 heteroatoms. The van der Waals surface area contributed by atoms with E-state index in [4.69, 9.17) is 21.1 Å². The number of halogens is 1. The van der Waals surface area contributed by atoms with Gasteiger partial charge in [-0.2, -0.15) is 5.10 Å². The third kappa shape index (κ3) is 3.64. The quantitative estimate of drug-likeness (QED) is 0.861. The third-order valence-electron chi connectivity index (χ3n) is 4.57. The number of benzene rings is 1. The molecular formula is C18H21ClN4O3. The summed E-state index contributed by atoms with van der Waals surface area (Å²) in [6.45, 7) is 3.03. The molecule has 0 aliphatic carbocycles. The number of ether oxygens (including phenoxy) is 2. The summed E-state index contributed by atoms with van der Waals surface area (Å²) in [6, 6.07) is 3.69. The monoisotopic (exact) mass is 376 g/mol. The van der Waals surface area contributed by atoms with Crippen molar-refractivity contribution in [2.75, 3.05) is 31.6 Å². The summed E-state index contributed by atoms with van der Waals surface area (Å²) in [7, 11) is 0. The van der Waals surface area contributed by atoms with Gasteiger partial charge in [-0.25, -0.2) is 0 Å². The minimum atomic E-state index is -0.231. The van der Waals surface area contributed by atoms with Crippen molar-refractivity contribution in [3.63, 3.8) is 0 Å². The Hall–Kier alpha value is -2.25. The second-order valence-corrected chi connectivity index (χ2v) is 6.91. The van der Waals surface area contributed by atoms with Crippen LogP contribution in [0, 0.1) is 0 Å². The van der Waals surface area contributed by atoms with Crippen LogP contribution in [0.25, 0.3) is 0 Å². The van der Waals surface area contributed by atoms with Crippen LogP contribution in [0.4, 0.5) is 5.69 Å². The topological polar surface area (TPSA) is 77.4 Å². The predicted molar refractivity (Wildman–Crippen MR) is 98.4 cm³/mol. The molecule has 0 bridgehead atoms. The van der Waals surface area contributed by atoms with Gasteiger partial charge < -0.3 is 20.1 Å². The first-order valence-corrected chi connectivity index (χ1v) is 9.24. The zero-order valence-corrected chi connectivity index (χ0v) is 15.1. The van der Waals surface area contributed by atoms with Crippen LogP contribution in [0.5, 0.6) is 11.5 Å². The highest BCUT2D eigenvalue weighted by Gasteiger charge is 2.19. The van der Waals surface area contributed by atoms with Crippen molar-refractivity contribution in [1.29, 1.82) is 0 Å². The fraction of sp³-hybridized carbons (Fsp3) is 0.444. The lowest BCUT2D eigenvalue weighted by atomic mass is 10.1. The van der Waals surface area contributed by atoms with Crippen LogP contribution < -0.4 is 20.1 Å². The van der Waals surface area contributed by atoms with E-state index in [2.05, 4.69) is 15.7 Å². The number of amides is 1. The maximum atomic E-state index is 12.6. The van der Waals surface area contributed by atoms with Gasteiger partial charge in [-0.15, -0.1) is 0 Å². The number of carbonyl (C=O) groups excluding carboxylic acids is 1. The Kier molecular flexibility index (Phi) is 4.99. The van der Waals surface area contributed by atoms with Gasteiger partial charge in [0.05, 0.1) is 36.0 Å². The number of nitrogens with one attached hydrogen (secondary N) is 2. The van der Waals surface area contributed by atoms with E-state index in [0.29, 0.717) is 41.0 Å². The number of hydrogen-bond acceptors (Lipinski definition) is 5. The molecule has 1 saturated heterocycles. The fourth-order valence-corrected chi connectivity index (χ4v) is 3.49. The number of hydrogen-bond donors (Lipinski definition) is 2. The van der Waals surface area contributed by atoms with Gasteiger partial charge in [-0.1, -0.05) is 11.6 Å². The Labute approximate surface area is 156 Å². The van der Waals surface area contributed by atoms with E-state index in [-0.39, 0.29) is 11.9 Å². The molecule has 0 spiro atoms. The van der Waals surface area contributed by atoms with Gasteiger partial charge in [-0.3, -0.25) is 9.48 Å². The lowest BCUT2D eigenvalue weighted by Crippen LogP contribution is -2.31. The molecule has 138 valence electrons. The van der Waals surface area contributed by atoms with Crippen molar-refractivity contribution in [2.45, 2.75) is 25.3 Å². The lowest BCUT2D eigenvalue weighted by molar-refractivity contribution is 0.102. The Morgan fingerprint density at radius 3 is 3.04 bits per heavy atom. The van der Waals surface area contributed by atoms with Crippen LogP contribution in [-0.4, -0.2) is 42.0 Å². The summed E-state index contributed by atoms with van der Waals surface area (Å²) in [5.41, 5.74) is 1.08. The highest BCUT2D eigenvalue weighted by atomic mass is 35.5. The highest BCUT2D eigenvalue weighted by molar-refractivity contribution is 6.32. The highest BCUT2D eigenvalue weighted by Crippen LogP contribution is 2.39. The van der Waals surface area contributed by atoms with E-state index in [9.17, 15) is 4.79 Å². The molecule has 0 saturated carbocycles. The van der Waals surface area contributed by atoms with Crippen molar-refractivity contribution in [1.82, 2.24) is 15.1 Å². The molecule has 1 aromatic heterocycles. The summed E-state index contributed by atoms with van der Waals surface area (Å²) in [5, 5.41) is 11.0. The fourth-order valence-electron chi connectivity index (χ4n) is 3.22. The van der Waals surface area contributed by atoms with E-state index in [1.165, 1.54) is 0 Å². The first kappa shape index (κ1) is 17.2. The van der Waals surface area contributed by atoms with Crippen molar-refractivity contribution in [2.24, 2.45) is 0 Å². The molecule has 0 radical (unpaired) electrons. The standard InChI is InChI=1S/C18H21ClN4O3/c19-15-7-13(8-16-17(15)26-6-2-5-25-16)22-18(24)12-9-21-23(11-12)14-3-1-4-20-10-14/h7-9,11,14,20H,1-6,10H2,(H,22,24). The summed E-state index contributed by atoms with van der Waals surface area (Å²) in [5.74, 6) is 0.847. The summed E-state index contributed by atoms with van der Waals surface area (Å²) >= 11 is 6.28. The zero-order chi connectivity index (χ0) is 17.9. The number of fused-ring (bicyclic) bond motifs is 1. The molecule has 2 aliphatic rings. The van der Waals surface area contributed by atoms with Crippen molar-refractivity contribution in [3.8, 4) is 11.5 Å². The SMILES string of the molecule is O=C(Nc1cc(Cl)c2c(c1)OCCCO2)c1cnn(C2CCCNC2)c1. The third-order valence-corrected chi connectivity index (χ3v) is 4.85. The van der Waals surface area contributed by atoms with Gasteiger partial charge in [0.1, 0.15) is 0 Å². The van der Waals surface area contributed by atoms with E-state index in [0.717, 1.165) is 32.4 Å². The number of aromatic nitrogens is 2. The van der Waals surface area contributed by atoms with Crippen molar-refractivity contribution >= 4 is 23.2 Å². The van der Waals surface area contributed by atoms with Crippen molar-refractivity contribution < 1.29 is 14.3 Å². The number of nitrogens with zero attached hydrogens (tertiary/aromatic N) is 2. The molecule has 1 atom stereocenters. The smallest absolute Gasteiger partial charge is 0.258 e. The summed E-state index contributed by atoms with van der Waals surface area (Å²) in [4.78, 5) is 12.6. The molecule has 4 rings (SSSR count). The zero-order valence-electron chi connectivity index (χ0n) is 14.3. The molecular weight excluding hydrogens is 356 g/mol. The molecule has 2 N–H and O–H groups in total. The maximum Gasteiger partial charge on any atom is 0.258 e. The molecule has 1 fully saturated rings. The average Bonchev–Trinajstić information content (AvgIpc) is 3.02. The molecule has 7 nitrogen and oxygen atoms in total. The van der Waals surface area contributed by atoms with E-state index >= 15 is 0 Å². The van der Waals surface area contributed by atoms with Crippen LogP contribution >= 0.6 is 11.6 Å². The number of carbonyl (C=O) groups is 1. The normalized spacial score (nSPS) is 19.7. The van der Waals surface area contributed by atoms with Gasteiger partial charge in [0.2, 0.25) is 0 Å². The number of rotatable bonds is 3. The van der Waals surface area contributed by atoms with Crippen LogP contribution in [0.15, 0.2) is 24.5 Å². The van der Waals surface area contributed by atoms with Crippen LogP contribution in [0.1, 0.15) is 35.7 Å². The first-order chi connectivity index (χ1) is 12.7. The summed E-state index contributed by atoms with van der Waals surface area (Å²) < 4.78 is 13.1. The van der Waals surface area contributed by atoms with E-state index in [1.54, 1.807) is 24.5 Å². The molecule has 2 aliphatic heterocycles. The van der Waals surface area contributed by atoms with Gasteiger partial charge in [0.15, 0.2) is 11.5 Å². The maximum absolute atomic E-state index is 12.6. The van der Waals surface area contributed by atoms with E-state index in [1.807, 2.05) is 4.68 Å². The van der Waals surface area contributed by atoms with Crippen molar-refractivity contribution in [3.05, 3.63) is 35.1 Å².